The average molecular weight is 243 g/mol. The first-order chi connectivity index (χ1) is 8.79. The van der Waals surface area contributed by atoms with Gasteiger partial charge in [-0.2, -0.15) is 0 Å². The van der Waals surface area contributed by atoms with Crippen molar-refractivity contribution in [3.05, 3.63) is 29.5 Å². The molecule has 0 saturated heterocycles. The molecule has 0 aliphatic heterocycles. The quantitative estimate of drug-likeness (QED) is 0.820. The highest BCUT2D eigenvalue weighted by Gasteiger charge is 2.20. The van der Waals surface area contributed by atoms with E-state index in [1.807, 2.05) is 25.1 Å². The summed E-state index contributed by atoms with van der Waals surface area (Å²) in [4.78, 5) is 15.6. The van der Waals surface area contributed by atoms with Gasteiger partial charge in [0.15, 0.2) is 5.78 Å². The van der Waals surface area contributed by atoms with E-state index in [0.717, 1.165) is 47.2 Å². The molecule has 0 unspecified atom stereocenters. The highest BCUT2D eigenvalue weighted by Crippen LogP contribution is 2.30. The van der Waals surface area contributed by atoms with Gasteiger partial charge in [0.25, 0.3) is 0 Å². The maximum atomic E-state index is 12.2. The third kappa shape index (κ3) is 1.80. The summed E-state index contributed by atoms with van der Waals surface area (Å²) in [6, 6.07) is 5.94. The molecule has 0 saturated carbocycles. The number of Topliss-reactive ketones (excluding diaryl/α,β-unsaturated/α-hetero) is 1. The molecule has 1 aromatic heterocycles. The maximum absolute atomic E-state index is 12.2. The number of aromatic amines is 1. The predicted octanol–water partition coefficient (Wildman–Crippen LogP) is 3.48. The van der Waals surface area contributed by atoms with Crippen LogP contribution in [0.25, 0.3) is 10.9 Å². The number of rotatable bonds is 2. The van der Waals surface area contributed by atoms with Crippen LogP contribution in [0.4, 0.5) is 0 Å². The molecule has 1 aliphatic carbocycles. The van der Waals surface area contributed by atoms with E-state index in [1.54, 1.807) is 0 Å². The molecule has 0 spiro atoms. The molecule has 0 amide bonds. The lowest BCUT2D eigenvalue weighted by Gasteiger charge is -2.03. The number of benzene rings is 1. The van der Waals surface area contributed by atoms with Gasteiger partial charge in [0.2, 0.25) is 0 Å². The van der Waals surface area contributed by atoms with E-state index in [0.29, 0.717) is 13.0 Å². The largest absolute Gasteiger partial charge is 0.494 e. The Morgan fingerprint density at radius 1 is 1.28 bits per heavy atom. The standard InChI is InChI=1S/C15H17NO2/c1-2-18-10-7-8-12-11(9-10)15-13(16-12)5-3-4-6-14(15)17/h7-9,16H,2-6H2,1H3. The molecule has 1 aliphatic rings. The lowest BCUT2D eigenvalue weighted by molar-refractivity contribution is 0.0983. The Morgan fingerprint density at radius 2 is 2.11 bits per heavy atom. The molecular formula is C15H17NO2. The number of carbonyl (C=O) groups excluding carboxylic acids is 1. The summed E-state index contributed by atoms with van der Waals surface area (Å²) in [5.41, 5.74) is 3.03. The number of aromatic nitrogens is 1. The summed E-state index contributed by atoms with van der Waals surface area (Å²) < 4.78 is 5.52. The third-order valence-corrected chi connectivity index (χ3v) is 3.52. The molecule has 0 radical (unpaired) electrons. The van der Waals surface area contributed by atoms with Gasteiger partial charge in [-0.3, -0.25) is 4.79 Å². The van der Waals surface area contributed by atoms with Crippen molar-refractivity contribution in [1.82, 2.24) is 4.98 Å². The Bertz CT molecular complexity index is 598. The Kier molecular flexibility index (Phi) is 2.82. The molecule has 94 valence electrons. The molecule has 3 rings (SSSR count). The number of aryl methyl sites for hydroxylation is 1. The number of fused-ring (bicyclic) bond motifs is 3. The smallest absolute Gasteiger partial charge is 0.165 e. The fourth-order valence-corrected chi connectivity index (χ4v) is 2.70. The molecule has 0 bridgehead atoms. The van der Waals surface area contributed by atoms with E-state index >= 15 is 0 Å². The monoisotopic (exact) mass is 243 g/mol. The summed E-state index contributed by atoms with van der Waals surface area (Å²) in [5, 5.41) is 1.02. The Morgan fingerprint density at radius 3 is 2.94 bits per heavy atom. The van der Waals surface area contributed by atoms with E-state index in [4.69, 9.17) is 4.74 Å². The number of hydrogen-bond donors (Lipinski definition) is 1. The fourth-order valence-electron chi connectivity index (χ4n) is 2.70. The van der Waals surface area contributed by atoms with E-state index < -0.39 is 0 Å². The fraction of sp³-hybridized carbons (Fsp3) is 0.400. The second-order valence-corrected chi connectivity index (χ2v) is 4.75. The molecule has 0 atom stereocenters. The Balaban J connectivity index is 2.18. The van der Waals surface area contributed by atoms with Crippen LogP contribution in [0.1, 0.15) is 42.2 Å². The van der Waals surface area contributed by atoms with Crippen LogP contribution in [0.3, 0.4) is 0 Å². The number of H-pyrrole nitrogens is 1. The number of carbonyl (C=O) groups is 1. The molecule has 1 aromatic carbocycles. The van der Waals surface area contributed by atoms with Crippen molar-refractivity contribution in [1.29, 1.82) is 0 Å². The van der Waals surface area contributed by atoms with Gasteiger partial charge >= 0.3 is 0 Å². The molecule has 1 N–H and O–H groups in total. The first kappa shape index (κ1) is 11.3. The topological polar surface area (TPSA) is 42.1 Å². The van der Waals surface area contributed by atoms with Crippen molar-refractivity contribution in [3.63, 3.8) is 0 Å². The highest BCUT2D eigenvalue weighted by molar-refractivity contribution is 6.09. The second-order valence-electron chi connectivity index (χ2n) is 4.75. The summed E-state index contributed by atoms with van der Waals surface area (Å²) >= 11 is 0. The van der Waals surface area contributed by atoms with Crippen molar-refractivity contribution in [2.45, 2.75) is 32.6 Å². The van der Waals surface area contributed by atoms with E-state index in [1.165, 1.54) is 0 Å². The predicted molar refractivity (Wildman–Crippen MR) is 71.4 cm³/mol. The van der Waals surface area contributed by atoms with Gasteiger partial charge in [0.05, 0.1) is 6.61 Å². The minimum atomic E-state index is 0.266. The van der Waals surface area contributed by atoms with Gasteiger partial charge in [-0.05, 0) is 44.4 Å². The van der Waals surface area contributed by atoms with Crippen LogP contribution in [0.5, 0.6) is 5.75 Å². The number of ether oxygens (including phenoxy) is 1. The molecule has 0 fully saturated rings. The van der Waals surface area contributed by atoms with Crippen LogP contribution in [-0.4, -0.2) is 17.4 Å². The number of nitrogens with one attached hydrogen (secondary N) is 1. The van der Waals surface area contributed by atoms with Crippen LogP contribution < -0.4 is 4.74 Å². The second kappa shape index (κ2) is 4.48. The summed E-state index contributed by atoms with van der Waals surface area (Å²) in [6.07, 6.45) is 3.72. The molecule has 2 aromatic rings. The maximum Gasteiger partial charge on any atom is 0.165 e. The van der Waals surface area contributed by atoms with Gasteiger partial charge < -0.3 is 9.72 Å². The number of hydrogen-bond acceptors (Lipinski definition) is 2. The van der Waals surface area contributed by atoms with Crippen molar-refractivity contribution in [3.8, 4) is 5.75 Å². The van der Waals surface area contributed by atoms with Crippen molar-refractivity contribution in [2.75, 3.05) is 6.61 Å². The highest BCUT2D eigenvalue weighted by atomic mass is 16.5. The SMILES string of the molecule is CCOc1ccc2[nH]c3c(c2c1)C(=O)CCCC3. The van der Waals surface area contributed by atoms with Crippen LogP contribution in [0.15, 0.2) is 18.2 Å². The van der Waals surface area contributed by atoms with Gasteiger partial charge in [0.1, 0.15) is 5.75 Å². The zero-order valence-electron chi connectivity index (χ0n) is 10.6. The first-order valence-corrected chi connectivity index (χ1v) is 6.60. The van der Waals surface area contributed by atoms with Gasteiger partial charge in [-0.15, -0.1) is 0 Å². The van der Waals surface area contributed by atoms with Crippen molar-refractivity contribution < 1.29 is 9.53 Å². The lowest BCUT2D eigenvalue weighted by atomic mass is 10.0. The minimum Gasteiger partial charge on any atom is -0.494 e. The van der Waals surface area contributed by atoms with Crippen molar-refractivity contribution >= 4 is 16.7 Å². The van der Waals surface area contributed by atoms with Crippen LogP contribution in [0.2, 0.25) is 0 Å². The first-order valence-electron chi connectivity index (χ1n) is 6.60. The van der Waals surface area contributed by atoms with E-state index in [-0.39, 0.29) is 5.78 Å². The zero-order valence-corrected chi connectivity index (χ0v) is 10.6. The summed E-state index contributed by atoms with van der Waals surface area (Å²) in [5.74, 6) is 1.10. The summed E-state index contributed by atoms with van der Waals surface area (Å²) in [7, 11) is 0. The third-order valence-electron chi connectivity index (χ3n) is 3.52. The van der Waals surface area contributed by atoms with Gasteiger partial charge in [-0.25, -0.2) is 0 Å². The molecule has 3 nitrogen and oxygen atoms in total. The van der Waals surface area contributed by atoms with Crippen LogP contribution in [-0.2, 0) is 6.42 Å². The van der Waals surface area contributed by atoms with Gasteiger partial charge in [0, 0.05) is 28.6 Å². The van der Waals surface area contributed by atoms with Crippen molar-refractivity contribution in [2.24, 2.45) is 0 Å². The minimum absolute atomic E-state index is 0.266. The van der Waals surface area contributed by atoms with E-state index in [9.17, 15) is 4.79 Å². The lowest BCUT2D eigenvalue weighted by Crippen LogP contribution is -1.98. The average Bonchev–Trinajstić information content (AvgIpc) is 2.62. The van der Waals surface area contributed by atoms with E-state index in [2.05, 4.69) is 4.98 Å². The molecule has 3 heteroatoms. The Labute approximate surface area is 106 Å². The normalized spacial score (nSPS) is 15.5. The summed E-state index contributed by atoms with van der Waals surface area (Å²) in [6.45, 7) is 2.61. The van der Waals surface area contributed by atoms with Crippen LogP contribution >= 0.6 is 0 Å². The van der Waals surface area contributed by atoms with Crippen LogP contribution in [0, 0.1) is 0 Å². The number of ketones is 1. The molecular weight excluding hydrogens is 226 g/mol. The molecule has 1 heterocycles. The van der Waals surface area contributed by atoms with Gasteiger partial charge in [-0.1, -0.05) is 0 Å². The molecule has 18 heavy (non-hydrogen) atoms. The zero-order chi connectivity index (χ0) is 12.5. The Hall–Kier alpha value is -1.77.